The fourth-order valence-electron chi connectivity index (χ4n) is 2.91. The molecule has 0 amide bonds. The van der Waals surface area contributed by atoms with Gasteiger partial charge in [-0.25, -0.2) is 4.98 Å². The molecule has 0 saturated carbocycles. The lowest BCUT2D eigenvalue weighted by atomic mass is 10.2. The van der Waals surface area contributed by atoms with Crippen LogP contribution in [0.1, 0.15) is 18.9 Å². The van der Waals surface area contributed by atoms with Crippen LogP contribution in [0.4, 0.5) is 11.5 Å². The topological polar surface area (TPSA) is 81.3 Å². The molecular formula is C15H15ClN4O3. The zero-order valence-corrected chi connectivity index (χ0v) is 13.2. The minimum atomic E-state index is -0.448. The summed E-state index contributed by atoms with van der Waals surface area (Å²) in [6, 6.07) is 6.07. The number of aromatic nitrogens is 2. The maximum atomic E-state index is 12.1. The number of nitro groups is 1. The Bertz CT molecular complexity index is 803. The first-order valence-corrected chi connectivity index (χ1v) is 7.64. The third kappa shape index (κ3) is 2.79. The zero-order chi connectivity index (χ0) is 16.6. The Balaban J connectivity index is 2.06. The van der Waals surface area contributed by atoms with E-state index in [-0.39, 0.29) is 17.3 Å². The van der Waals surface area contributed by atoms with Crippen molar-refractivity contribution >= 4 is 23.1 Å². The van der Waals surface area contributed by atoms with Crippen molar-refractivity contribution in [2.45, 2.75) is 32.5 Å². The van der Waals surface area contributed by atoms with Gasteiger partial charge in [0.25, 0.3) is 5.56 Å². The van der Waals surface area contributed by atoms with E-state index in [2.05, 4.69) is 4.98 Å². The van der Waals surface area contributed by atoms with E-state index < -0.39 is 4.92 Å². The number of rotatable bonds is 4. The van der Waals surface area contributed by atoms with E-state index in [1.807, 2.05) is 17.9 Å². The summed E-state index contributed by atoms with van der Waals surface area (Å²) in [5.41, 5.74) is 0.607. The Hall–Kier alpha value is -2.41. The number of hydrogen-bond donors (Lipinski definition) is 0. The van der Waals surface area contributed by atoms with Gasteiger partial charge in [-0.15, -0.1) is 0 Å². The highest BCUT2D eigenvalue weighted by Crippen LogP contribution is 2.35. The van der Waals surface area contributed by atoms with Crippen molar-refractivity contribution in [2.24, 2.45) is 0 Å². The summed E-state index contributed by atoms with van der Waals surface area (Å²) in [7, 11) is 0. The molecule has 0 radical (unpaired) electrons. The minimum absolute atomic E-state index is 0.0273. The van der Waals surface area contributed by atoms with Crippen LogP contribution >= 0.6 is 11.6 Å². The second-order valence-corrected chi connectivity index (χ2v) is 5.81. The Kier molecular flexibility index (Phi) is 4.04. The Morgan fingerprint density at radius 1 is 1.39 bits per heavy atom. The fraction of sp³-hybridized carbons (Fsp3) is 0.333. The van der Waals surface area contributed by atoms with Crippen LogP contribution in [0.15, 0.2) is 35.3 Å². The molecule has 0 aliphatic carbocycles. The standard InChI is InChI=1S/C15H15ClN4O3/c1-2-11-9-19-14(21)6-4-12(20(22)23)15(19)18(11)8-10-3-5-13(16)17-7-10/h3-7,11H,2,8-9H2,1H3. The van der Waals surface area contributed by atoms with E-state index in [1.54, 1.807) is 12.3 Å². The Morgan fingerprint density at radius 2 is 2.17 bits per heavy atom. The molecule has 2 aromatic heterocycles. The SMILES string of the molecule is CCC1Cn2c(c([N+](=O)[O-])ccc2=O)N1Cc1ccc(Cl)nc1. The molecule has 0 aromatic carbocycles. The average Bonchev–Trinajstić information content (AvgIpc) is 2.89. The molecule has 1 aliphatic heterocycles. The van der Waals surface area contributed by atoms with Crippen molar-refractivity contribution in [3.8, 4) is 0 Å². The normalized spacial score (nSPS) is 16.4. The first kappa shape index (κ1) is 15.5. The van der Waals surface area contributed by atoms with Crippen LogP contribution in [0.3, 0.4) is 0 Å². The van der Waals surface area contributed by atoms with E-state index in [0.717, 1.165) is 12.0 Å². The molecule has 3 rings (SSSR count). The maximum absolute atomic E-state index is 12.1. The van der Waals surface area contributed by atoms with E-state index in [4.69, 9.17) is 11.6 Å². The summed E-state index contributed by atoms with van der Waals surface area (Å²) >= 11 is 5.79. The van der Waals surface area contributed by atoms with Gasteiger partial charge in [0.1, 0.15) is 5.15 Å². The van der Waals surface area contributed by atoms with Crippen LogP contribution in [0, 0.1) is 10.1 Å². The summed E-state index contributed by atoms with van der Waals surface area (Å²) < 4.78 is 1.48. The molecule has 0 spiro atoms. The molecule has 1 aliphatic rings. The smallest absolute Gasteiger partial charge is 0.310 e. The van der Waals surface area contributed by atoms with Gasteiger partial charge in [0.15, 0.2) is 5.82 Å². The van der Waals surface area contributed by atoms with Gasteiger partial charge in [0.2, 0.25) is 0 Å². The average molecular weight is 335 g/mol. The van der Waals surface area contributed by atoms with Gasteiger partial charge >= 0.3 is 5.69 Å². The second kappa shape index (κ2) is 6.00. The molecule has 2 aromatic rings. The molecule has 0 N–H and O–H groups in total. The van der Waals surface area contributed by atoms with Gasteiger partial charge in [0, 0.05) is 37.5 Å². The van der Waals surface area contributed by atoms with Gasteiger partial charge in [-0.2, -0.15) is 0 Å². The summed E-state index contributed by atoms with van der Waals surface area (Å²) in [5, 5.41) is 11.7. The maximum Gasteiger partial charge on any atom is 0.310 e. The van der Waals surface area contributed by atoms with Gasteiger partial charge < -0.3 is 4.90 Å². The van der Waals surface area contributed by atoms with E-state index in [1.165, 1.54) is 16.7 Å². The predicted molar refractivity (Wildman–Crippen MR) is 86.9 cm³/mol. The molecule has 1 atom stereocenters. The molecule has 8 heteroatoms. The largest absolute Gasteiger partial charge is 0.343 e. The van der Waals surface area contributed by atoms with Crippen LogP contribution < -0.4 is 10.5 Å². The van der Waals surface area contributed by atoms with Crippen molar-refractivity contribution in [1.29, 1.82) is 0 Å². The first-order valence-electron chi connectivity index (χ1n) is 7.26. The molecular weight excluding hydrogens is 320 g/mol. The predicted octanol–water partition coefficient (Wildman–Crippen LogP) is 2.60. The van der Waals surface area contributed by atoms with Gasteiger partial charge in [0.05, 0.1) is 4.92 Å². The molecule has 0 fully saturated rings. The van der Waals surface area contributed by atoms with Crippen LogP contribution in [-0.2, 0) is 13.1 Å². The lowest BCUT2D eigenvalue weighted by molar-refractivity contribution is -0.384. The number of pyridine rings is 2. The lowest BCUT2D eigenvalue weighted by Crippen LogP contribution is -2.31. The number of anilines is 1. The quantitative estimate of drug-likeness (QED) is 0.487. The number of fused-ring (bicyclic) bond motifs is 1. The van der Waals surface area contributed by atoms with Crippen molar-refractivity contribution in [1.82, 2.24) is 9.55 Å². The minimum Gasteiger partial charge on any atom is -0.343 e. The number of nitrogens with zero attached hydrogens (tertiary/aromatic N) is 4. The number of hydrogen-bond acceptors (Lipinski definition) is 5. The highest BCUT2D eigenvalue weighted by atomic mass is 35.5. The van der Waals surface area contributed by atoms with Gasteiger partial charge in [-0.1, -0.05) is 24.6 Å². The van der Waals surface area contributed by atoms with E-state index in [0.29, 0.717) is 24.1 Å². The molecule has 3 heterocycles. The highest BCUT2D eigenvalue weighted by Gasteiger charge is 2.35. The van der Waals surface area contributed by atoms with Crippen LogP contribution in [0.25, 0.3) is 0 Å². The van der Waals surface area contributed by atoms with Crippen molar-refractivity contribution in [2.75, 3.05) is 4.90 Å². The van der Waals surface area contributed by atoms with Gasteiger partial charge in [-0.05, 0) is 18.1 Å². The molecule has 1 unspecified atom stereocenters. The third-order valence-electron chi connectivity index (χ3n) is 4.05. The summed E-state index contributed by atoms with van der Waals surface area (Å²) in [5.74, 6) is 0.365. The molecule has 23 heavy (non-hydrogen) atoms. The Morgan fingerprint density at radius 3 is 2.78 bits per heavy atom. The monoisotopic (exact) mass is 334 g/mol. The zero-order valence-electron chi connectivity index (χ0n) is 12.5. The lowest BCUT2D eigenvalue weighted by Gasteiger charge is -2.24. The van der Waals surface area contributed by atoms with Crippen molar-refractivity contribution < 1.29 is 4.92 Å². The molecule has 7 nitrogen and oxygen atoms in total. The van der Waals surface area contributed by atoms with Crippen molar-refractivity contribution in [3.63, 3.8) is 0 Å². The summed E-state index contributed by atoms with van der Waals surface area (Å²) in [6.07, 6.45) is 2.42. The van der Waals surface area contributed by atoms with Crippen LogP contribution in [0.2, 0.25) is 5.15 Å². The third-order valence-corrected chi connectivity index (χ3v) is 4.27. The van der Waals surface area contributed by atoms with E-state index in [9.17, 15) is 14.9 Å². The first-order chi connectivity index (χ1) is 11.0. The van der Waals surface area contributed by atoms with E-state index >= 15 is 0 Å². The second-order valence-electron chi connectivity index (χ2n) is 5.43. The van der Waals surface area contributed by atoms with Gasteiger partial charge in [-0.3, -0.25) is 19.5 Å². The molecule has 120 valence electrons. The summed E-state index contributed by atoms with van der Waals surface area (Å²) in [4.78, 5) is 28.9. The summed E-state index contributed by atoms with van der Waals surface area (Å²) in [6.45, 7) is 2.89. The Labute approximate surface area is 137 Å². The molecule has 0 bridgehead atoms. The fourth-order valence-corrected chi connectivity index (χ4v) is 3.02. The molecule has 0 saturated heterocycles. The number of halogens is 1. The van der Waals surface area contributed by atoms with Crippen molar-refractivity contribution in [3.05, 3.63) is 61.6 Å². The van der Waals surface area contributed by atoms with Crippen LogP contribution in [0.5, 0.6) is 0 Å². The highest BCUT2D eigenvalue weighted by molar-refractivity contribution is 6.29. The van der Waals surface area contributed by atoms with Crippen LogP contribution in [-0.4, -0.2) is 20.5 Å².